The highest BCUT2D eigenvalue weighted by atomic mass is 32.2. The Hall–Kier alpha value is -3.65. The molecule has 0 aromatic heterocycles. The molecule has 0 heterocycles. The molecule has 3 aromatic carbocycles. The van der Waals surface area contributed by atoms with Gasteiger partial charge in [-0.15, -0.1) is 11.8 Å². The lowest BCUT2D eigenvalue weighted by atomic mass is 10.1. The second kappa shape index (κ2) is 11.3. The van der Waals surface area contributed by atoms with Crippen LogP contribution in [0.15, 0.2) is 71.6 Å². The summed E-state index contributed by atoms with van der Waals surface area (Å²) in [5.74, 6) is -1.76. The minimum atomic E-state index is -0.659. The third-order valence-electron chi connectivity index (χ3n) is 4.67. The van der Waals surface area contributed by atoms with E-state index >= 15 is 0 Å². The van der Waals surface area contributed by atoms with Gasteiger partial charge in [0.05, 0.1) is 11.3 Å². The number of carbonyl (C=O) groups is 3. The van der Waals surface area contributed by atoms with Crippen molar-refractivity contribution in [3.05, 3.63) is 89.2 Å². The Morgan fingerprint density at radius 1 is 0.848 bits per heavy atom. The maximum atomic E-state index is 13.0. The highest BCUT2D eigenvalue weighted by Crippen LogP contribution is 2.24. The maximum absolute atomic E-state index is 13.0. The van der Waals surface area contributed by atoms with Crippen LogP contribution >= 0.6 is 11.8 Å². The van der Waals surface area contributed by atoms with Gasteiger partial charge in [-0.25, -0.2) is 9.18 Å². The van der Waals surface area contributed by atoms with E-state index in [1.54, 1.807) is 24.3 Å². The zero-order chi connectivity index (χ0) is 23.8. The Balaban J connectivity index is 1.55. The smallest absolute Gasteiger partial charge is 0.339 e. The third kappa shape index (κ3) is 6.92. The van der Waals surface area contributed by atoms with E-state index in [9.17, 15) is 18.8 Å². The van der Waals surface area contributed by atoms with E-state index in [0.29, 0.717) is 16.3 Å². The maximum Gasteiger partial charge on any atom is 0.339 e. The molecule has 2 N–H and O–H groups in total. The lowest BCUT2D eigenvalue weighted by molar-refractivity contribution is -0.119. The summed E-state index contributed by atoms with van der Waals surface area (Å²) < 4.78 is 18.2. The molecule has 0 unspecified atom stereocenters. The number of aryl methyl sites for hydroxylation is 2. The molecule has 33 heavy (non-hydrogen) atoms. The van der Waals surface area contributed by atoms with Crippen molar-refractivity contribution in [2.75, 3.05) is 23.0 Å². The van der Waals surface area contributed by atoms with Crippen LogP contribution < -0.4 is 10.6 Å². The molecule has 0 aliphatic carbocycles. The molecule has 0 saturated carbocycles. The van der Waals surface area contributed by atoms with Crippen LogP contribution in [0.4, 0.5) is 15.8 Å². The number of esters is 1. The number of ether oxygens (including phenoxy) is 1. The fourth-order valence-electron chi connectivity index (χ4n) is 3.03. The second-order valence-electron chi connectivity index (χ2n) is 7.23. The van der Waals surface area contributed by atoms with Crippen molar-refractivity contribution in [1.29, 1.82) is 0 Å². The van der Waals surface area contributed by atoms with Crippen molar-refractivity contribution in [3.8, 4) is 0 Å². The summed E-state index contributed by atoms with van der Waals surface area (Å²) in [5, 5.41) is 5.43. The van der Waals surface area contributed by atoms with Crippen molar-refractivity contribution >= 4 is 40.9 Å². The summed E-state index contributed by atoms with van der Waals surface area (Å²) in [6.45, 7) is 3.33. The van der Waals surface area contributed by atoms with E-state index < -0.39 is 24.3 Å². The van der Waals surface area contributed by atoms with Gasteiger partial charge in [-0.3, -0.25) is 9.59 Å². The van der Waals surface area contributed by atoms with Crippen molar-refractivity contribution in [2.45, 2.75) is 18.7 Å². The standard InChI is InChI=1S/C25H23FN2O4S/c1-16-6-5-7-17(2)24(16)28-22(29)14-32-25(31)20-8-3-4-9-21(20)33-15-23(30)27-19-12-10-18(26)11-13-19/h3-13H,14-15H2,1-2H3,(H,27,30)(H,28,29). The van der Waals surface area contributed by atoms with Gasteiger partial charge in [-0.05, 0) is 61.4 Å². The number of carbonyl (C=O) groups excluding carboxylic acids is 3. The Morgan fingerprint density at radius 2 is 1.52 bits per heavy atom. The number of rotatable bonds is 8. The molecule has 0 atom stereocenters. The molecule has 0 spiro atoms. The normalized spacial score (nSPS) is 10.4. The predicted molar refractivity (Wildman–Crippen MR) is 127 cm³/mol. The zero-order valence-electron chi connectivity index (χ0n) is 18.2. The predicted octanol–water partition coefficient (Wildman–Crippen LogP) is 4.97. The van der Waals surface area contributed by atoms with Crippen molar-refractivity contribution in [2.24, 2.45) is 0 Å². The number of halogens is 1. The van der Waals surface area contributed by atoms with Gasteiger partial charge in [0.1, 0.15) is 5.82 Å². The fraction of sp³-hybridized carbons (Fsp3) is 0.160. The van der Waals surface area contributed by atoms with Gasteiger partial charge < -0.3 is 15.4 Å². The van der Waals surface area contributed by atoms with E-state index in [-0.39, 0.29) is 17.2 Å². The average molecular weight is 467 g/mol. The third-order valence-corrected chi connectivity index (χ3v) is 5.75. The molecule has 3 rings (SSSR count). The number of hydrogen-bond donors (Lipinski definition) is 2. The number of benzene rings is 3. The molecule has 0 fully saturated rings. The van der Waals surface area contributed by atoms with E-state index in [2.05, 4.69) is 10.6 Å². The molecule has 0 aliphatic rings. The SMILES string of the molecule is Cc1cccc(C)c1NC(=O)COC(=O)c1ccccc1SCC(=O)Nc1ccc(F)cc1. The number of amides is 2. The molecular formula is C25H23FN2O4S. The van der Waals surface area contributed by atoms with Crippen LogP contribution in [0.5, 0.6) is 0 Å². The first kappa shape index (κ1) is 24.0. The molecule has 6 nitrogen and oxygen atoms in total. The molecule has 0 saturated heterocycles. The average Bonchev–Trinajstić information content (AvgIpc) is 2.80. The molecule has 3 aromatic rings. The van der Waals surface area contributed by atoms with Crippen LogP contribution in [0.3, 0.4) is 0 Å². The van der Waals surface area contributed by atoms with Gasteiger partial charge in [0.15, 0.2) is 6.61 Å². The monoisotopic (exact) mass is 466 g/mol. The van der Waals surface area contributed by atoms with Crippen molar-refractivity contribution in [1.82, 2.24) is 0 Å². The van der Waals surface area contributed by atoms with Gasteiger partial charge in [0.2, 0.25) is 5.91 Å². The van der Waals surface area contributed by atoms with E-state index in [1.807, 2.05) is 32.0 Å². The highest BCUT2D eigenvalue weighted by Gasteiger charge is 2.16. The summed E-state index contributed by atoms with van der Waals surface area (Å²) >= 11 is 1.16. The van der Waals surface area contributed by atoms with Gasteiger partial charge >= 0.3 is 5.97 Å². The van der Waals surface area contributed by atoms with Crippen LogP contribution in [0.25, 0.3) is 0 Å². The minimum absolute atomic E-state index is 0.0364. The van der Waals surface area contributed by atoms with Gasteiger partial charge in [-0.2, -0.15) is 0 Å². The molecule has 2 amide bonds. The van der Waals surface area contributed by atoms with E-state index in [0.717, 1.165) is 22.9 Å². The summed E-state index contributed by atoms with van der Waals surface area (Å²) in [6, 6.07) is 17.8. The van der Waals surface area contributed by atoms with Gasteiger partial charge in [-0.1, -0.05) is 30.3 Å². The first-order valence-corrected chi connectivity index (χ1v) is 11.1. The lowest BCUT2D eigenvalue weighted by Gasteiger charge is -2.12. The Labute approximate surface area is 195 Å². The first-order chi connectivity index (χ1) is 15.8. The number of anilines is 2. The molecule has 8 heteroatoms. The van der Waals surface area contributed by atoms with Crippen LogP contribution in [-0.2, 0) is 14.3 Å². The summed E-state index contributed by atoms with van der Waals surface area (Å²) in [6.07, 6.45) is 0. The molecular weight excluding hydrogens is 443 g/mol. The first-order valence-electron chi connectivity index (χ1n) is 10.1. The molecule has 0 radical (unpaired) electrons. The Kier molecular flexibility index (Phi) is 8.21. The number of thioether (sulfide) groups is 1. The zero-order valence-corrected chi connectivity index (χ0v) is 19.0. The topological polar surface area (TPSA) is 84.5 Å². The van der Waals surface area contributed by atoms with E-state index in [4.69, 9.17) is 4.74 Å². The minimum Gasteiger partial charge on any atom is -0.452 e. The molecule has 0 bridgehead atoms. The number of para-hydroxylation sites is 1. The van der Waals surface area contributed by atoms with E-state index in [1.165, 1.54) is 24.3 Å². The van der Waals surface area contributed by atoms with Crippen LogP contribution in [0.2, 0.25) is 0 Å². The molecule has 170 valence electrons. The summed E-state index contributed by atoms with van der Waals surface area (Å²) in [4.78, 5) is 37.6. The van der Waals surface area contributed by atoms with Crippen molar-refractivity contribution in [3.63, 3.8) is 0 Å². The Bertz CT molecular complexity index is 1150. The van der Waals surface area contributed by atoms with Gasteiger partial charge in [0, 0.05) is 16.3 Å². The summed E-state index contributed by atoms with van der Waals surface area (Å²) in [5.41, 5.74) is 3.26. The van der Waals surface area contributed by atoms with Crippen LogP contribution in [0.1, 0.15) is 21.5 Å². The second-order valence-corrected chi connectivity index (χ2v) is 8.25. The van der Waals surface area contributed by atoms with Crippen molar-refractivity contribution < 1.29 is 23.5 Å². The Morgan fingerprint density at radius 3 is 2.21 bits per heavy atom. The van der Waals surface area contributed by atoms with Gasteiger partial charge in [0.25, 0.3) is 5.91 Å². The number of nitrogens with one attached hydrogen (secondary N) is 2. The van der Waals surface area contributed by atoms with Crippen LogP contribution in [0, 0.1) is 19.7 Å². The largest absolute Gasteiger partial charge is 0.452 e. The quantitative estimate of drug-likeness (QED) is 0.362. The summed E-state index contributed by atoms with van der Waals surface area (Å²) in [7, 11) is 0. The fourth-order valence-corrected chi connectivity index (χ4v) is 3.87. The molecule has 0 aliphatic heterocycles. The highest BCUT2D eigenvalue weighted by molar-refractivity contribution is 8.00. The van der Waals surface area contributed by atoms with Crippen LogP contribution in [-0.4, -0.2) is 30.1 Å². The number of hydrogen-bond acceptors (Lipinski definition) is 5. The lowest BCUT2D eigenvalue weighted by Crippen LogP contribution is -2.22.